The summed E-state index contributed by atoms with van der Waals surface area (Å²) in [5.74, 6) is 0. The monoisotopic (exact) mass is 259 g/mol. The molecule has 0 bridgehead atoms. The molecule has 2 rings (SSSR count). The first-order valence-electron chi connectivity index (χ1n) is 5.49. The third kappa shape index (κ3) is 2.69. The molecule has 0 amide bonds. The van der Waals surface area contributed by atoms with Crippen molar-refractivity contribution in [1.82, 2.24) is 4.90 Å². The van der Waals surface area contributed by atoms with Gasteiger partial charge < -0.3 is 5.11 Å². The molecule has 1 N–H and O–H groups in total. The lowest BCUT2D eigenvalue weighted by Gasteiger charge is -2.23. The van der Waals surface area contributed by atoms with Gasteiger partial charge in [-0.15, -0.1) is 0 Å². The first kappa shape index (κ1) is 12.2. The van der Waals surface area contributed by atoms with Crippen LogP contribution >= 0.6 is 23.2 Å². The van der Waals surface area contributed by atoms with Crippen molar-refractivity contribution < 1.29 is 5.11 Å². The van der Waals surface area contributed by atoms with E-state index in [-0.39, 0.29) is 12.6 Å². The van der Waals surface area contributed by atoms with E-state index in [9.17, 15) is 5.11 Å². The molecule has 0 aliphatic carbocycles. The van der Waals surface area contributed by atoms with E-state index in [4.69, 9.17) is 23.2 Å². The maximum Gasteiger partial charge on any atom is 0.0587 e. The summed E-state index contributed by atoms with van der Waals surface area (Å²) in [5.41, 5.74) is 1.08. The van der Waals surface area contributed by atoms with Crippen molar-refractivity contribution in [2.75, 3.05) is 13.2 Å². The summed E-state index contributed by atoms with van der Waals surface area (Å²) >= 11 is 12.0. The number of nitrogens with zero attached hydrogens (tertiary/aromatic N) is 1. The molecule has 1 unspecified atom stereocenters. The number of halogens is 2. The van der Waals surface area contributed by atoms with Gasteiger partial charge in [0.25, 0.3) is 0 Å². The maximum atomic E-state index is 9.23. The lowest BCUT2D eigenvalue weighted by Crippen LogP contribution is -2.31. The predicted molar refractivity (Wildman–Crippen MR) is 67.0 cm³/mol. The van der Waals surface area contributed by atoms with E-state index >= 15 is 0 Å². The Hall–Kier alpha value is -0.280. The average molecular weight is 260 g/mol. The SMILES string of the molecule is OCC1CCCN1Cc1ccc(Cl)cc1Cl. The van der Waals surface area contributed by atoms with Crippen LogP contribution in [0.5, 0.6) is 0 Å². The molecule has 1 aliphatic heterocycles. The molecule has 4 heteroatoms. The van der Waals surface area contributed by atoms with Crippen LogP contribution < -0.4 is 0 Å². The zero-order valence-electron chi connectivity index (χ0n) is 9.00. The fourth-order valence-corrected chi connectivity index (χ4v) is 2.65. The largest absolute Gasteiger partial charge is 0.395 e. The van der Waals surface area contributed by atoms with Crippen molar-refractivity contribution in [3.05, 3.63) is 33.8 Å². The Balaban J connectivity index is 2.08. The van der Waals surface area contributed by atoms with E-state index in [0.29, 0.717) is 10.0 Å². The lowest BCUT2D eigenvalue weighted by atomic mass is 10.2. The fourth-order valence-electron chi connectivity index (χ4n) is 2.18. The normalized spacial score (nSPS) is 21.6. The highest BCUT2D eigenvalue weighted by Crippen LogP contribution is 2.25. The Morgan fingerprint density at radius 3 is 2.88 bits per heavy atom. The van der Waals surface area contributed by atoms with Crippen molar-refractivity contribution >= 4 is 23.2 Å². The molecule has 88 valence electrons. The van der Waals surface area contributed by atoms with Crippen LogP contribution in [0.15, 0.2) is 18.2 Å². The molecular weight excluding hydrogens is 245 g/mol. The van der Waals surface area contributed by atoms with E-state index in [1.807, 2.05) is 12.1 Å². The van der Waals surface area contributed by atoms with Gasteiger partial charge in [-0.1, -0.05) is 29.3 Å². The van der Waals surface area contributed by atoms with Gasteiger partial charge in [-0.05, 0) is 37.1 Å². The van der Waals surface area contributed by atoms with Gasteiger partial charge in [-0.25, -0.2) is 0 Å². The predicted octanol–water partition coefficient (Wildman–Crippen LogP) is 2.95. The van der Waals surface area contributed by atoms with Crippen molar-refractivity contribution in [2.24, 2.45) is 0 Å². The van der Waals surface area contributed by atoms with Crippen LogP contribution in [0.3, 0.4) is 0 Å². The Bertz CT molecular complexity index is 370. The highest BCUT2D eigenvalue weighted by Gasteiger charge is 2.23. The molecule has 1 aromatic carbocycles. The van der Waals surface area contributed by atoms with Crippen LogP contribution in [0.2, 0.25) is 10.0 Å². The molecule has 0 aromatic heterocycles. The standard InChI is InChI=1S/C12H15Cl2NO/c13-10-4-3-9(12(14)6-10)7-15-5-1-2-11(15)8-16/h3-4,6,11,16H,1-2,5,7-8H2. The van der Waals surface area contributed by atoms with E-state index in [1.54, 1.807) is 6.07 Å². The van der Waals surface area contributed by atoms with Crippen LogP contribution in [0.1, 0.15) is 18.4 Å². The summed E-state index contributed by atoms with van der Waals surface area (Å²) in [6.07, 6.45) is 2.22. The summed E-state index contributed by atoms with van der Waals surface area (Å²) in [6, 6.07) is 5.86. The highest BCUT2D eigenvalue weighted by molar-refractivity contribution is 6.35. The molecule has 1 heterocycles. The molecule has 2 nitrogen and oxygen atoms in total. The zero-order valence-corrected chi connectivity index (χ0v) is 10.5. The van der Waals surface area contributed by atoms with Crippen LogP contribution in [-0.4, -0.2) is 29.2 Å². The summed E-state index contributed by atoms with van der Waals surface area (Å²) in [5, 5.41) is 10.6. The topological polar surface area (TPSA) is 23.5 Å². The quantitative estimate of drug-likeness (QED) is 0.903. The van der Waals surface area contributed by atoms with Crippen LogP contribution in [-0.2, 0) is 6.54 Å². The van der Waals surface area contributed by atoms with Crippen LogP contribution in [0.4, 0.5) is 0 Å². The first-order chi connectivity index (χ1) is 7.70. The summed E-state index contributed by atoms with van der Waals surface area (Å²) in [4.78, 5) is 2.27. The van der Waals surface area contributed by atoms with E-state index in [0.717, 1.165) is 31.5 Å². The number of hydrogen-bond acceptors (Lipinski definition) is 2. The summed E-state index contributed by atoms with van der Waals surface area (Å²) in [7, 11) is 0. The van der Waals surface area contributed by atoms with Gasteiger partial charge in [-0.3, -0.25) is 4.90 Å². The Morgan fingerprint density at radius 2 is 2.19 bits per heavy atom. The minimum absolute atomic E-state index is 0.227. The molecule has 1 saturated heterocycles. The molecule has 0 saturated carbocycles. The third-order valence-corrected chi connectivity index (χ3v) is 3.69. The first-order valence-corrected chi connectivity index (χ1v) is 6.25. The van der Waals surface area contributed by atoms with E-state index in [1.165, 1.54) is 0 Å². The Morgan fingerprint density at radius 1 is 1.38 bits per heavy atom. The number of rotatable bonds is 3. The second-order valence-corrected chi connectivity index (χ2v) is 5.03. The third-order valence-electron chi connectivity index (χ3n) is 3.10. The molecular formula is C12H15Cl2NO. The zero-order chi connectivity index (χ0) is 11.5. The smallest absolute Gasteiger partial charge is 0.0587 e. The second kappa shape index (κ2) is 5.37. The molecule has 16 heavy (non-hydrogen) atoms. The van der Waals surface area contributed by atoms with Gasteiger partial charge in [0.1, 0.15) is 0 Å². The number of benzene rings is 1. The van der Waals surface area contributed by atoms with Gasteiger partial charge >= 0.3 is 0 Å². The molecule has 1 aromatic rings. The minimum atomic E-state index is 0.227. The second-order valence-electron chi connectivity index (χ2n) is 4.18. The van der Waals surface area contributed by atoms with Gasteiger partial charge in [0.05, 0.1) is 6.61 Å². The molecule has 1 fully saturated rings. The van der Waals surface area contributed by atoms with E-state index < -0.39 is 0 Å². The van der Waals surface area contributed by atoms with Crippen molar-refractivity contribution in [3.8, 4) is 0 Å². The lowest BCUT2D eigenvalue weighted by molar-refractivity contribution is 0.153. The van der Waals surface area contributed by atoms with Gasteiger partial charge in [-0.2, -0.15) is 0 Å². The Labute approximate surface area is 106 Å². The van der Waals surface area contributed by atoms with Gasteiger partial charge in [0.15, 0.2) is 0 Å². The molecule has 1 atom stereocenters. The average Bonchev–Trinajstić information content (AvgIpc) is 2.69. The van der Waals surface area contributed by atoms with Crippen molar-refractivity contribution in [1.29, 1.82) is 0 Å². The summed E-state index contributed by atoms with van der Waals surface area (Å²) in [6.45, 7) is 2.05. The van der Waals surface area contributed by atoms with Crippen molar-refractivity contribution in [3.63, 3.8) is 0 Å². The molecule has 0 radical (unpaired) electrons. The van der Waals surface area contributed by atoms with Crippen molar-refractivity contribution in [2.45, 2.75) is 25.4 Å². The molecule has 1 aliphatic rings. The van der Waals surface area contributed by atoms with Crippen LogP contribution in [0, 0.1) is 0 Å². The number of aliphatic hydroxyl groups is 1. The maximum absolute atomic E-state index is 9.23. The summed E-state index contributed by atoms with van der Waals surface area (Å²) < 4.78 is 0. The van der Waals surface area contributed by atoms with Crippen LogP contribution in [0.25, 0.3) is 0 Å². The fraction of sp³-hybridized carbons (Fsp3) is 0.500. The number of aliphatic hydroxyl groups excluding tert-OH is 1. The number of likely N-dealkylation sites (tertiary alicyclic amines) is 1. The number of hydrogen-bond donors (Lipinski definition) is 1. The van der Waals surface area contributed by atoms with Gasteiger partial charge in [0.2, 0.25) is 0 Å². The van der Waals surface area contributed by atoms with Gasteiger partial charge in [0, 0.05) is 22.6 Å². The van der Waals surface area contributed by atoms with E-state index in [2.05, 4.69) is 4.90 Å². The molecule has 0 spiro atoms. The minimum Gasteiger partial charge on any atom is -0.395 e. The highest BCUT2D eigenvalue weighted by atomic mass is 35.5. The Kier molecular flexibility index (Phi) is 4.09.